The molecule has 0 unspecified atom stereocenters. The van der Waals surface area contributed by atoms with Gasteiger partial charge in [-0.1, -0.05) is 16.5 Å². The van der Waals surface area contributed by atoms with Crippen LogP contribution in [-0.2, 0) is 11.4 Å². The molecule has 1 atom stereocenters. The third-order valence-corrected chi connectivity index (χ3v) is 4.73. The van der Waals surface area contributed by atoms with Gasteiger partial charge in [0.25, 0.3) is 0 Å². The van der Waals surface area contributed by atoms with Crippen molar-refractivity contribution in [3.05, 3.63) is 65.7 Å². The molecular formula is C19H16F2N2OS. The summed E-state index contributed by atoms with van der Waals surface area (Å²) in [6, 6.07) is 12.1. The fourth-order valence-electron chi connectivity index (χ4n) is 2.35. The molecule has 0 fully saturated rings. The maximum atomic E-state index is 13.6. The molecule has 1 heterocycles. The van der Waals surface area contributed by atoms with Gasteiger partial charge in [0.05, 0.1) is 28.8 Å². The lowest BCUT2D eigenvalue weighted by Crippen LogP contribution is -2.10. The van der Waals surface area contributed by atoms with Gasteiger partial charge in [-0.05, 0) is 44.2 Å². The lowest BCUT2D eigenvalue weighted by atomic mass is 10.0. The van der Waals surface area contributed by atoms with Gasteiger partial charge in [0.1, 0.15) is 16.9 Å². The SMILES string of the molecule is CC(C)[S@+]([O-])/N=C/c1cc2ccc(F)cc2nc1-c1cccc(F)c1. The van der Waals surface area contributed by atoms with E-state index in [-0.39, 0.29) is 5.25 Å². The number of pyridine rings is 1. The lowest BCUT2D eigenvalue weighted by molar-refractivity contribution is 0.588. The van der Waals surface area contributed by atoms with Crippen LogP contribution in [0.5, 0.6) is 0 Å². The van der Waals surface area contributed by atoms with Crippen molar-refractivity contribution in [1.82, 2.24) is 4.98 Å². The first-order valence-corrected chi connectivity index (χ1v) is 8.92. The third-order valence-electron chi connectivity index (χ3n) is 3.61. The Labute approximate surface area is 147 Å². The average molecular weight is 358 g/mol. The van der Waals surface area contributed by atoms with E-state index in [0.29, 0.717) is 22.3 Å². The highest BCUT2D eigenvalue weighted by Gasteiger charge is 2.13. The molecule has 0 aliphatic rings. The fraction of sp³-hybridized carbons (Fsp3) is 0.158. The summed E-state index contributed by atoms with van der Waals surface area (Å²) >= 11 is -1.37. The summed E-state index contributed by atoms with van der Waals surface area (Å²) in [5.41, 5.74) is 2.06. The summed E-state index contributed by atoms with van der Waals surface area (Å²) in [7, 11) is 0. The Bertz CT molecular complexity index is 944. The number of hydrogen-bond acceptors (Lipinski definition) is 3. The third kappa shape index (κ3) is 4.03. The van der Waals surface area contributed by atoms with Crippen LogP contribution in [0.2, 0.25) is 0 Å². The largest absolute Gasteiger partial charge is 0.591 e. The molecule has 3 rings (SSSR count). The van der Waals surface area contributed by atoms with Crippen molar-refractivity contribution in [2.45, 2.75) is 19.1 Å². The van der Waals surface area contributed by atoms with Gasteiger partial charge in [0.15, 0.2) is 0 Å². The van der Waals surface area contributed by atoms with Gasteiger partial charge < -0.3 is 4.55 Å². The van der Waals surface area contributed by atoms with Crippen molar-refractivity contribution in [2.75, 3.05) is 0 Å². The highest BCUT2D eigenvalue weighted by atomic mass is 32.2. The zero-order valence-electron chi connectivity index (χ0n) is 13.7. The van der Waals surface area contributed by atoms with E-state index in [1.54, 1.807) is 24.3 Å². The molecule has 0 aliphatic heterocycles. The van der Waals surface area contributed by atoms with E-state index >= 15 is 0 Å². The molecule has 0 radical (unpaired) electrons. The zero-order valence-corrected chi connectivity index (χ0v) is 14.6. The van der Waals surface area contributed by atoms with Gasteiger partial charge in [-0.15, -0.1) is 0 Å². The van der Waals surface area contributed by atoms with Crippen molar-refractivity contribution in [1.29, 1.82) is 0 Å². The van der Waals surface area contributed by atoms with Crippen molar-refractivity contribution < 1.29 is 13.3 Å². The van der Waals surface area contributed by atoms with E-state index < -0.39 is 23.0 Å². The molecule has 0 bridgehead atoms. The van der Waals surface area contributed by atoms with Crippen molar-refractivity contribution >= 4 is 28.5 Å². The number of aromatic nitrogens is 1. The van der Waals surface area contributed by atoms with E-state index in [1.165, 1.54) is 30.5 Å². The minimum atomic E-state index is -1.37. The maximum absolute atomic E-state index is 13.6. The van der Waals surface area contributed by atoms with Crippen LogP contribution < -0.4 is 0 Å². The summed E-state index contributed by atoms with van der Waals surface area (Å²) in [6.07, 6.45) is 1.48. The first-order chi connectivity index (χ1) is 11.9. The molecule has 128 valence electrons. The quantitative estimate of drug-likeness (QED) is 0.503. The molecule has 6 heteroatoms. The summed E-state index contributed by atoms with van der Waals surface area (Å²) in [5.74, 6) is -0.792. The molecular weight excluding hydrogens is 342 g/mol. The Balaban J connectivity index is 2.18. The number of rotatable bonds is 4. The van der Waals surface area contributed by atoms with Crippen molar-refractivity contribution in [3.8, 4) is 11.3 Å². The van der Waals surface area contributed by atoms with Crippen molar-refractivity contribution in [3.63, 3.8) is 0 Å². The van der Waals surface area contributed by atoms with Gasteiger partial charge in [-0.25, -0.2) is 13.8 Å². The second-order valence-corrected chi connectivity index (χ2v) is 7.54. The summed E-state index contributed by atoms with van der Waals surface area (Å²) in [5, 5.41) is 0.606. The number of fused-ring (bicyclic) bond motifs is 1. The number of halogens is 2. The molecule has 1 aromatic heterocycles. The highest BCUT2D eigenvalue weighted by Crippen LogP contribution is 2.26. The van der Waals surface area contributed by atoms with E-state index in [4.69, 9.17) is 0 Å². The molecule has 0 saturated carbocycles. The minimum Gasteiger partial charge on any atom is -0.591 e. The number of benzene rings is 2. The Morgan fingerprint density at radius 3 is 2.56 bits per heavy atom. The fourth-order valence-corrected chi connectivity index (χ4v) is 2.81. The molecule has 0 N–H and O–H groups in total. The second kappa shape index (κ2) is 7.29. The summed E-state index contributed by atoms with van der Waals surface area (Å²) in [6.45, 7) is 3.62. The first kappa shape index (κ1) is 17.5. The minimum absolute atomic E-state index is 0.114. The highest BCUT2D eigenvalue weighted by molar-refractivity contribution is 7.90. The molecule has 2 aromatic carbocycles. The van der Waals surface area contributed by atoms with Crippen LogP contribution >= 0.6 is 0 Å². The van der Waals surface area contributed by atoms with E-state index in [0.717, 1.165) is 5.39 Å². The topological polar surface area (TPSA) is 48.3 Å². The Morgan fingerprint density at radius 1 is 1.08 bits per heavy atom. The smallest absolute Gasteiger partial charge is 0.137 e. The van der Waals surface area contributed by atoms with Gasteiger partial charge in [-0.2, -0.15) is 0 Å². The number of hydrogen-bond donors (Lipinski definition) is 0. The van der Waals surface area contributed by atoms with Gasteiger partial charge in [-0.3, -0.25) is 0 Å². The predicted molar refractivity (Wildman–Crippen MR) is 98.0 cm³/mol. The Hall–Kier alpha value is -2.31. The normalized spacial score (nSPS) is 13.0. The molecule has 25 heavy (non-hydrogen) atoms. The van der Waals surface area contributed by atoms with Crippen LogP contribution in [0, 0.1) is 11.6 Å². The molecule has 0 spiro atoms. The molecule has 0 amide bonds. The van der Waals surface area contributed by atoms with Crippen LogP contribution in [0.1, 0.15) is 19.4 Å². The van der Waals surface area contributed by atoms with E-state index in [9.17, 15) is 13.3 Å². The first-order valence-electron chi connectivity index (χ1n) is 7.75. The standard InChI is InChI=1S/C19H16F2N2OS/c1-12(2)25(24)22-11-15-8-13-6-7-17(21)10-18(13)23-19(15)14-4-3-5-16(20)9-14/h3-12H,1-2H3/b22-11+/t25-/m0/s1. The van der Waals surface area contributed by atoms with Crippen LogP contribution in [0.25, 0.3) is 22.2 Å². The maximum Gasteiger partial charge on any atom is 0.137 e. The van der Waals surface area contributed by atoms with Crippen LogP contribution in [0.15, 0.2) is 52.9 Å². The molecule has 3 nitrogen and oxygen atoms in total. The summed E-state index contributed by atoms with van der Waals surface area (Å²) in [4.78, 5) is 4.47. The molecule has 3 aromatic rings. The van der Waals surface area contributed by atoms with E-state index in [1.807, 2.05) is 13.8 Å². The predicted octanol–water partition coefficient (Wildman–Crippen LogP) is 4.67. The van der Waals surface area contributed by atoms with Gasteiger partial charge in [0, 0.05) is 22.6 Å². The second-order valence-electron chi connectivity index (χ2n) is 5.83. The lowest BCUT2D eigenvalue weighted by Gasteiger charge is -2.09. The van der Waals surface area contributed by atoms with Gasteiger partial charge in [0.2, 0.25) is 0 Å². The van der Waals surface area contributed by atoms with Crippen LogP contribution in [-0.4, -0.2) is 21.0 Å². The van der Waals surface area contributed by atoms with Crippen LogP contribution in [0.3, 0.4) is 0 Å². The molecule has 0 saturated heterocycles. The monoisotopic (exact) mass is 358 g/mol. The van der Waals surface area contributed by atoms with Crippen molar-refractivity contribution in [2.24, 2.45) is 4.40 Å². The Kier molecular flexibility index (Phi) is 5.11. The zero-order chi connectivity index (χ0) is 18.0. The Morgan fingerprint density at radius 2 is 1.84 bits per heavy atom. The van der Waals surface area contributed by atoms with Gasteiger partial charge >= 0.3 is 0 Å². The molecule has 0 aliphatic carbocycles. The van der Waals surface area contributed by atoms with Crippen LogP contribution in [0.4, 0.5) is 8.78 Å². The number of nitrogens with zero attached hydrogens (tertiary/aromatic N) is 2. The van der Waals surface area contributed by atoms with E-state index in [2.05, 4.69) is 9.38 Å². The average Bonchev–Trinajstić information content (AvgIpc) is 2.58. The summed E-state index contributed by atoms with van der Waals surface area (Å²) < 4.78 is 43.1.